The summed E-state index contributed by atoms with van der Waals surface area (Å²) < 4.78 is 40.8. The van der Waals surface area contributed by atoms with Gasteiger partial charge in [-0.05, 0) is 43.7 Å². The molecule has 0 bridgehead atoms. The van der Waals surface area contributed by atoms with Gasteiger partial charge in [-0.3, -0.25) is 0 Å². The molecule has 0 atom stereocenters. The van der Waals surface area contributed by atoms with Crippen molar-refractivity contribution in [3.05, 3.63) is 23.5 Å². The molecule has 6 heteroatoms. The van der Waals surface area contributed by atoms with Gasteiger partial charge in [0.15, 0.2) is 0 Å². The molecule has 1 aliphatic rings. The van der Waals surface area contributed by atoms with Crippen LogP contribution in [0.3, 0.4) is 0 Å². The lowest BCUT2D eigenvalue weighted by molar-refractivity contribution is 0.449. The van der Waals surface area contributed by atoms with Gasteiger partial charge in [0.05, 0.1) is 4.90 Å². The standard InChI is InChI=1S/C14H21FN2O2S/c1-3-4-14(5-6-14)9-17-20(18,19)13-8-11(16)7-12(15)10(13)2/h7-8,17H,3-6,9,16H2,1-2H3. The first-order valence-corrected chi connectivity index (χ1v) is 8.33. The van der Waals surface area contributed by atoms with E-state index < -0.39 is 15.8 Å². The highest BCUT2D eigenvalue weighted by molar-refractivity contribution is 7.89. The van der Waals surface area contributed by atoms with E-state index in [1.54, 1.807) is 0 Å². The molecule has 1 aromatic carbocycles. The molecular formula is C14H21FN2O2S. The van der Waals surface area contributed by atoms with Crippen LogP contribution in [-0.2, 0) is 10.0 Å². The van der Waals surface area contributed by atoms with Gasteiger partial charge in [0, 0.05) is 17.8 Å². The Balaban J connectivity index is 2.19. The summed E-state index contributed by atoms with van der Waals surface area (Å²) in [6.45, 7) is 3.95. The number of rotatable bonds is 6. The predicted octanol–water partition coefficient (Wildman–Crippen LogP) is 2.57. The third kappa shape index (κ3) is 3.12. The smallest absolute Gasteiger partial charge is 0.241 e. The Morgan fingerprint density at radius 3 is 2.60 bits per heavy atom. The van der Waals surface area contributed by atoms with Crippen LogP contribution in [0.5, 0.6) is 0 Å². The van der Waals surface area contributed by atoms with Crippen molar-refractivity contribution in [3.8, 4) is 0 Å². The second-order valence-electron chi connectivity index (χ2n) is 5.70. The first-order valence-electron chi connectivity index (χ1n) is 6.85. The zero-order valence-corrected chi connectivity index (χ0v) is 12.7. The number of hydrogen-bond donors (Lipinski definition) is 2. The summed E-state index contributed by atoms with van der Waals surface area (Å²) in [5, 5.41) is 0. The third-order valence-corrected chi connectivity index (χ3v) is 5.51. The normalized spacial score (nSPS) is 17.1. The van der Waals surface area contributed by atoms with Crippen LogP contribution in [0.4, 0.5) is 10.1 Å². The molecule has 1 saturated carbocycles. The highest BCUT2D eigenvalue weighted by atomic mass is 32.2. The van der Waals surface area contributed by atoms with Gasteiger partial charge in [-0.2, -0.15) is 0 Å². The van der Waals surface area contributed by atoms with E-state index in [2.05, 4.69) is 11.6 Å². The zero-order chi connectivity index (χ0) is 15.0. The highest BCUT2D eigenvalue weighted by Gasteiger charge is 2.42. The summed E-state index contributed by atoms with van der Waals surface area (Å²) in [6, 6.07) is 2.44. The molecule has 0 radical (unpaired) electrons. The van der Waals surface area contributed by atoms with E-state index in [1.165, 1.54) is 13.0 Å². The molecule has 0 aliphatic heterocycles. The maximum atomic E-state index is 13.6. The number of nitrogens with one attached hydrogen (secondary N) is 1. The van der Waals surface area contributed by atoms with Gasteiger partial charge in [0.25, 0.3) is 0 Å². The van der Waals surface area contributed by atoms with Crippen molar-refractivity contribution < 1.29 is 12.8 Å². The van der Waals surface area contributed by atoms with E-state index in [-0.39, 0.29) is 21.6 Å². The van der Waals surface area contributed by atoms with Crippen LogP contribution in [0.1, 0.15) is 38.2 Å². The average Bonchev–Trinajstić information content (AvgIpc) is 3.12. The quantitative estimate of drug-likeness (QED) is 0.793. The van der Waals surface area contributed by atoms with Crippen LogP contribution in [0.2, 0.25) is 0 Å². The Bertz CT molecular complexity index is 610. The van der Waals surface area contributed by atoms with E-state index in [1.807, 2.05) is 0 Å². The Morgan fingerprint density at radius 1 is 1.40 bits per heavy atom. The Morgan fingerprint density at radius 2 is 2.05 bits per heavy atom. The Kier molecular flexibility index (Phi) is 4.07. The monoisotopic (exact) mass is 300 g/mol. The molecule has 1 aromatic rings. The van der Waals surface area contributed by atoms with Crippen LogP contribution in [-0.4, -0.2) is 15.0 Å². The number of sulfonamides is 1. The lowest BCUT2D eigenvalue weighted by Crippen LogP contribution is -2.31. The molecule has 2 rings (SSSR count). The molecule has 0 aromatic heterocycles. The van der Waals surface area contributed by atoms with E-state index in [0.717, 1.165) is 31.7 Å². The van der Waals surface area contributed by atoms with E-state index >= 15 is 0 Å². The number of nitrogen functional groups attached to an aromatic ring is 1. The molecule has 0 heterocycles. The number of hydrogen-bond acceptors (Lipinski definition) is 3. The SMILES string of the molecule is CCCC1(CNS(=O)(=O)c2cc(N)cc(F)c2C)CC1. The summed E-state index contributed by atoms with van der Waals surface area (Å²) in [5.41, 5.74) is 5.86. The fourth-order valence-corrected chi connectivity index (χ4v) is 3.94. The summed E-state index contributed by atoms with van der Waals surface area (Å²) in [5.74, 6) is -0.597. The van der Waals surface area contributed by atoms with Gasteiger partial charge in [0.2, 0.25) is 10.0 Å². The second-order valence-corrected chi connectivity index (χ2v) is 7.44. The van der Waals surface area contributed by atoms with Crippen molar-refractivity contribution in [2.45, 2.75) is 44.4 Å². The minimum atomic E-state index is -3.72. The first kappa shape index (κ1) is 15.3. The van der Waals surface area contributed by atoms with Gasteiger partial charge >= 0.3 is 0 Å². The van der Waals surface area contributed by atoms with Crippen molar-refractivity contribution in [1.29, 1.82) is 0 Å². The summed E-state index contributed by atoms with van der Waals surface area (Å²) in [7, 11) is -3.72. The van der Waals surface area contributed by atoms with Gasteiger partial charge in [-0.15, -0.1) is 0 Å². The maximum absolute atomic E-state index is 13.6. The maximum Gasteiger partial charge on any atom is 0.241 e. The summed E-state index contributed by atoms with van der Waals surface area (Å²) in [6.07, 6.45) is 4.15. The van der Waals surface area contributed by atoms with Crippen LogP contribution in [0.15, 0.2) is 17.0 Å². The molecule has 0 saturated heterocycles. The van der Waals surface area contributed by atoms with Crippen molar-refractivity contribution in [2.75, 3.05) is 12.3 Å². The van der Waals surface area contributed by atoms with Crippen molar-refractivity contribution in [2.24, 2.45) is 5.41 Å². The highest BCUT2D eigenvalue weighted by Crippen LogP contribution is 2.49. The van der Waals surface area contributed by atoms with Crippen molar-refractivity contribution in [1.82, 2.24) is 4.72 Å². The fraction of sp³-hybridized carbons (Fsp3) is 0.571. The van der Waals surface area contributed by atoms with Crippen LogP contribution in [0.25, 0.3) is 0 Å². The van der Waals surface area contributed by atoms with Gasteiger partial charge in [-0.1, -0.05) is 13.3 Å². The molecule has 1 fully saturated rings. The first-order chi connectivity index (χ1) is 9.30. The van der Waals surface area contributed by atoms with E-state index in [4.69, 9.17) is 5.73 Å². The predicted molar refractivity (Wildman–Crippen MR) is 77.3 cm³/mol. The molecule has 3 N–H and O–H groups in total. The lowest BCUT2D eigenvalue weighted by atomic mass is 10.0. The molecule has 0 spiro atoms. The van der Waals surface area contributed by atoms with Crippen molar-refractivity contribution >= 4 is 15.7 Å². The van der Waals surface area contributed by atoms with Crippen LogP contribution in [0, 0.1) is 18.2 Å². The number of benzene rings is 1. The summed E-state index contributed by atoms with van der Waals surface area (Å²) >= 11 is 0. The molecular weight excluding hydrogens is 279 g/mol. The molecule has 1 aliphatic carbocycles. The molecule has 4 nitrogen and oxygen atoms in total. The van der Waals surface area contributed by atoms with Gasteiger partial charge < -0.3 is 5.73 Å². The van der Waals surface area contributed by atoms with Crippen LogP contribution < -0.4 is 10.5 Å². The van der Waals surface area contributed by atoms with Crippen molar-refractivity contribution in [3.63, 3.8) is 0 Å². The summed E-state index contributed by atoms with van der Waals surface area (Å²) in [4.78, 5) is -0.0673. The Labute approximate surface area is 119 Å². The lowest BCUT2D eigenvalue weighted by Gasteiger charge is -2.16. The zero-order valence-electron chi connectivity index (χ0n) is 11.9. The minimum Gasteiger partial charge on any atom is -0.399 e. The third-order valence-electron chi connectivity index (χ3n) is 3.98. The average molecular weight is 300 g/mol. The molecule has 0 unspecified atom stereocenters. The number of anilines is 1. The topological polar surface area (TPSA) is 72.2 Å². The molecule has 0 amide bonds. The number of halogens is 1. The molecule has 112 valence electrons. The number of nitrogens with two attached hydrogens (primary N) is 1. The van der Waals surface area contributed by atoms with E-state index in [0.29, 0.717) is 6.54 Å². The fourth-order valence-electron chi connectivity index (χ4n) is 2.50. The second kappa shape index (κ2) is 5.33. The molecule has 20 heavy (non-hydrogen) atoms. The van der Waals surface area contributed by atoms with E-state index in [9.17, 15) is 12.8 Å². The van der Waals surface area contributed by atoms with Crippen LogP contribution >= 0.6 is 0 Å². The largest absolute Gasteiger partial charge is 0.399 e. The minimum absolute atomic E-state index is 0.0673. The van der Waals surface area contributed by atoms with Gasteiger partial charge in [-0.25, -0.2) is 17.5 Å². The van der Waals surface area contributed by atoms with Gasteiger partial charge in [0.1, 0.15) is 5.82 Å². The Hall–Kier alpha value is -1.14.